The number of amides is 1. The molecule has 0 saturated carbocycles. The summed E-state index contributed by atoms with van der Waals surface area (Å²) < 4.78 is 40.5. The molecule has 0 unspecified atom stereocenters. The highest BCUT2D eigenvalue weighted by molar-refractivity contribution is 7.87. The van der Waals surface area contributed by atoms with Gasteiger partial charge < -0.3 is 5.32 Å². The zero-order valence-electron chi connectivity index (χ0n) is 13.4. The highest BCUT2D eigenvalue weighted by Gasteiger charge is 2.37. The van der Waals surface area contributed by atoms with Crippen LogP contribution in [0, 0.1) is 5.82 Å². The average molecular weight is 363 g/mol. The molecule has 0 aliphatic carbocycles. The maximum absolute atomic E-state index is 13.0. The quantitative estimate of drug-likeness (QED) is 0.881. The van der Waals surface area contributed by atoms with E-state index in [1.165, 1.54) is 16.4 Å². The number of carbonyl (C=O) groups excluding carboxylic acids is 1. The van der Waals surface area contributed by atoms with Crippen molar-refractivity contribution in [2.45, 2.75) is 6.54 Å². The van der Waals surface area contributed by atoms with Gasteiger partial charge in [0.25, 0.3) is 10.2 Å². The molecule has 0 atom stereocenters. The van der Waals surface area contributed by atoms with Crippen LogP contribution < -0.4 is 5.32 Å². The van der Waals surface area contributed by atoms with E-state index in [4.69, 9.17) is 0 Å². The minimum absolute atomic E-state index is 0.152. The zero-order valence-corrected chi connectivity index (χ0v) is 14.2. The minimum Gasteiger partial charge on any atom is -0.325 e. The lowest BCUT2D eigenvalue weighted by Crippen LogP contribution is -2.37. The number of nitrogens with zero attached hydrogens (tertiary/aromatic N) is 2. The van der Waals surface area contributed by atoms with E-state index in [1.807, 2.05) is 6.07 Å². The molecule has 0 spiro atoms. The van der Waals surface area contributed by atoms with Crippen molar-refractivity contribution in [3.8, 4) is 0 Å². The number of anilines is 1. The third kappa shape index (κ3) is 4.22. The Morgan fingerprint density at radius 2 is 1.64 bits per heavy atom. The van der Waals surface area contributed by atoms with Crippen molar-refractivity contribution in [2.75, 3.05) is 25.0 Å². The Bertz CT molecular complexity index is 841. The van der Waals surface area contributed by atoms with Crippen molar-refractivity contribution >= 4 is 21.8 Å². The van der Waals surface area contributed by atoms with Crippen molar-refractivity contribution < 1.29 is 17.6 Å². The van der Waals surface area contributed by atoms with Gasteiger partial charge in [-0.2, -0.15) is 17.0 Å². The molecular weight excluding hydrogens is 345 g/mol. The molecule has 25 heavy (non-hydrogen) atoms. The number of para-hydroxylation sites is 1. The molecule has 6 nitrogen and oxygen atoms in total. The lowest BCUT2D eigenvalue weighted by molar-refractivity contribution is -0.116. The number of hydrogen-bond acceptors (Lipinski definition) is 3. The Labute approximate surface area is 146 Å². The molecule has 0 bridgehead atoms. The van der Waals surface area contributed by atoms with E-state index >= 15 is 0 Å². The van der Waals surface area contributed by atoms with Gasteiger partial charge in [0, 0.05) is 25.3 Å². The molecule has 0 aromatic heterocycles. The van der Waals surface area contributed by atoms with Gasteiger partial charge >= 0.3 is 0 Å². The van der Waals surface area contributed by atoms with Crippen molar-refractivity contribution in [2.24, 2.45) is 0 Å². The third-order valence-electron chi connectivity index (χ3n) is 3.90. The second kappa shape index (κ2) is 7.30. The lowest BCUT2D eigenvalue weighted by Gasteiger charge is -2.18. The lowest BCUT2D eigenvalue weighted by atomic mass is 10.2. The molecule has 1 aliphatic rings. The van der Waals surface area contributed by atoms with Crippen LogP contribution in [0.4, 0.5) is 10.1 Å². The summed E-state index contributed by atoms with van der Waals surface area (Å²) in [5, 5.41) is 2.67. The van der Waals surface area contributed by atoms with Crippen LogP contribution in [-0.2, 0) is 21.5 Å². The van der Waals surface area contributed by atoms with E-state index in [0.29, 0.717) is 17.8 Å². The molecule has 1 aliphatic heterocycles. The van der Waals surface area contributed by atoms with Crippen molar-refractivity contribution in [3.63, 3.8) is 0 Å². The fourth-order valence-electron chi connectivity index (χ4n) is 2.61. The Hall–Kier alpha value is -2.29. The summed E-state index contributed by atoms with van der Waals surface area (Å²) in [6.07, 6.45) is 0. The van der Waals surface area contributed by atoms with E-state index in [1.54, 1.807) is 36.4 Å². The molecule has 132 valence electrons. The molecule has 1 fully saturated rings. The topological polar surface area (TPSA) is 69.7 Å². The van der Waals surface area contributed by atoms with Crippen LogP contribution in [0.3, 0.4) is 0 Å². The van der Waals surface area contributed by atoms with E-state index in [0.717, 1.165) is 4.31 Å². The first-order chi connectivity index (χ1) is 11.9. The highest BCUT2D eigenvalue weighted by Crippen LogP contribution is 2.19. The third-order valence-corrected chi connectivity index (χ3v) is 5.83. The number of hydrogen-bond donors (Lipinski definition) is 1. The SMILES string of the molecule is O=C(CN1CCN(Cc2ccc(F)cc2)S1(=O)=O)Nc1ccccc1. The Kier molecular flexibility index (Phi) is 5.12. The molecule has 2 aromatic carbocycles. The summed E-state index contributed by atoms with van der Waals surface area (Å²) in [6.45, 7) is 0.445. The predicted octanol–water partition coefficient (Wildman–Crippen LogP) is 1.83. The standard InChI is InChI=1S/C17H18FN3O3S/c18-15-8-6-14(7-9-15)12-20-10-11-21(25(20,23)24)13-17(22)19-16-4-2-1-3-5-16/h1-9H,10-13H2,(H,19,22). The minimum atomic E-state index is -3.71. The van der Waals surface area contributed by atoms with Crippen LogP contribution in [0.25, 0.3) is 0 Å². The van der Waals surface area contributed by atoms with Crippen LogP contribution in [0.1, 0.15) is 5.56 Å². The monoisotopic (exact) mass is 363 g/mol. The Balaban J connectivity index is 1.62. The number of halogens is 1. The second-order valence-corrected chi connectivity index (χ2v) is 7.64. The Morgan fingerprint density at radius 3 is 2.32 bits per heavy atom. The van der Waals surface area contributed by atoms with Gasteiger partial charge in [0.05, 0.1) is 6.54 Å². The van der Waals surface area contributed by atoms with Crippen LogP contribution in [0.15, 0.2) is 54.6 Å². The maximum atomic E-state index is 13.0. The summed E-state index contributed by atoms with van der Waals surface area (Å²) in [7, 11) is -3.71. The Morgan fingerprint density at radius 1 is 1.00 bits per heavy atom. The van der Waals surface area contributed by atoms with Gasteiger partial charge in [-0.15, -0.1) is 0 Å². The molecule has 1 amide bonds. The normalized spacial score (nSPS) is 17.5. The summed E-state index contributed by atoms with van der Waals surface area (Å²) in [4.78, 5) is 12.1. The van der Waals surface area contributed by atoms with Crippen LogP contribution in [-0.4, -0.2) is 42.6 Å². The van der Waals surface area contributed by atoms with Gasteiger partial charge in [-0.25, -0.2) is 4.39 Å². The first-order valence-electron chi connectivity index (χ1n) is 7.80. The van der Waals surface area contributed by atoms with Crippen LogP contribution in [0.2, 0.25) is 0 Å². The largest absolute Gasteiger partial charge is 0.325 e. The second-order valence-electron chi connectivity index (χ2n) is 5.72. The van der Waals surface area contributed by atoms with E-state index in [-0.39, 0.29) is 25.5 Å². The summed E-state index contributed by atoms with van der Waals surface area (Å²) in [5.74, 6) is -0.759. The van der Waals surface area contributed by atoms with Gasteiger partial charge in [0.15, 0.2) is 0 Å². The molecule has 8 heteroatoms. The van der Waals surface area contributed by atoms with Gasteiger partial charge in [-0.05, 0) is 29.8 Å². The smallest absolute Gasteiger partial charge is 0.282 e. The maximum Gasteiger partial charge on any atom is 0.282 e. The first kappa shape index (κ1) is 17.5. The predicted molar refractivity (Wildman–Crippen MR) is 92.4 cm³/mol. The zero-order chi connectivity index (χ0) is 17.9. The number of benzene rings is 2. The van der Waals surface area contributed by atoms with Gasteiger partial charge in [-0.3, -0.25) is 4.79 Å². The summed E-state index contributed by atoms with van der Waals surface area (Å²) in [6, 6.07) is 14.6. The molecule has 1 saturated heterocycles. The fraction of sp³-hybridized carbons (Fsp3) is 0.235. The van der Waals surface area contributed by atoms with Crippen molar-refractivity contribution in [1.29, 1.82) is 0 Å². The van der Waals surface area contributed by atoms with Crippen LogP contribution >= 0.6 is 0 Å². The molecule has 2 aromatic rings. The number of carbonyl (C=O) groups is 1. The van der Waals surface area contributed by atoms with E-state index < -0.39 is 16.1 Å². The van der Waals surface area contributed by atoms with Gasteiger partial charge in [-0.1, -0.05) is 30.3 Å². The molecule has 3 rings (SSSR count). The number of rotatable bonds is 5. The molecule has 0 radical (unpaired) electrons. The fourth-order valence-corrected chi connectivity index (χ4v) is 4.16. The number of nitrogens with one attached hydrogen (secondary N) is 1. The van der Waals surface area contributed by atoms with Crippen molar-refractivity contribution in [1.82, 2.24) is 8.61 Å². The van der Waals surface area contributed by atoms with E-state index in [2.05, 4.69) is 5.32 Å². The highest BCUT2D eigenvalue weighted by atomic mass is 32.2. The average Bonchev–Trinajstić information content (AvgIpc) is 2.85. The summed E-state index contributed by atoms with van der Waals surface area (Å²) >= 11 is 0. The first-order valence-corrected chi connectivity index (χ1v) is 9.19. The van der Waals surface area contributed by atoms with Crippen LogP contribution in [0.5, 0.6) is 0 Å². The van der Waals surface area contributed by atoms with Gasteiger partial charge in [0.1, 0.15) is 5.82 Å². The molecule has 1 N–H and O–H groups in total. The van der Waals surface area contributed by atoms with E-state index in [9.17, 15) is 17.6 Å². The van der Waals surface area contributed by atoms with Gasteiger partial charge in [0.2, 0.25) is 5.91 Å². The van der Waals surface area contributed by atoms with Crippen molar-refractivity contribution in [3.05, 3.63) is 66.0 Å². The summed E-state index contributed by atoms with van der Waals surface area (Å²) in [5.41, 5.74) is 1.31. The molecule has 1 heterocycles. The molecular formula is C17H18FN3O3S.